The number of esters is 1. The lowest BCUT2D eigenvalue weighted by molar-refractivity contribution is -0.383. The number of ether oxygens (including phenoxy) is 1. The number of imide groups is 1. The predicted octanol–water partition coefficient (Wildman–Crippen LogP) is 1.74. The summed E-state index contributed by atoms with van der Waals surface area (Å²) >= 11 is 0. The number of rotatable bonds is 5. The zero-order valence-corrected chi connectivity index (χ0v) is 14.9. The summed E-state index contributed by atoms with van der Waals surface area (Å²) in [5.74, 6) is -1.40. The van der Waals surface area contributed by atoms with Crippen molar-refractivity contribution in [1.29, 1.82) is 0 Å². The molecule has 3 amide bonds. The van der Waals surface area contributed by atoms with Crippen molar-refractivity contribution < 1.29 is 24.0 Å². The maximum atomic E-state index is 11.9. The van der Waals surface area contributed by atoms with E-state index in [1.807, 2.05) is 6.92 Å². The van der Waals surface area contributed by atoms with E-state index >= 15 is 0 Å². The van der Waals surface area contributed by atoms with E-state index in [9.17, 15) is 24.5 Å². The van der Waals surface area contributed by atoms with Crippen LogP contribution < -0.4 is 16.4 Å². The molecule has 2 atom stereocenters. The first kappa shape index (κ1) is 20.1. The number of carbonyl (C=O) groups excluding carboxylic acids is 3. The van der Waals surface area contributed by atoms with E-state index < -0.39 is 35.1 Å². The Morgan fingerprint density at radius 1 is 1.30 bits per heavy atom. The van der Waals surface area contributed by atoms with Gasteiger partial charge in [-0.05, 0) is 30.9 Å². The molecule has 0 heterocycles. The van der Waals surface area contributed by atoms with Gasteiger partial charge in [0.2, 0.25) is 0 Å². The summed E-state index contributed by atoms with van der Waals surface area (Å²) in [6, 6.07) is 2.78. The molecule has 2 rings (SSSR count). The largest absolute Gasteiger partial charge is 0.452 e. The van der Waals surface area contributed by atoms with Gasteiger partial charge < -0.3 is 15.8 Å². The van der Waals surface area contributed by atoms with Gasteiger partial charge in [0.05, 0.1) is 10.5 Å². The van der Waals surface area contributed by atoms with Crippen LogP contribution in [-0.2, 0) is 9.53 Å². The lowest BCUT2D eigenvalue weighted by Crippen LogP contribution is -2.48. The molecule has 1 aliphatic rings. The number of anilines is 1. The second kappa shape index (κ2) is 8.97. The third kappa shape index (κ3) is 5.66. The number of hydrogen-bond acceptors (Lipinski definition) is 7. The van der Waals surface area contributed by atoms with Crippen LogP contribution in [0.2, 0.25) is 0 Å². The predicted molar refractivity (Wildman–Crippen MR) is 95.9 cm³/mol. The van der Waals surface area contributed by atoms with Crippen molar-refractivity contribution in [1.82, 2.24) is 10.6 Å². The van der Waals surface area contributed by atoms with Gasteiger partial charge >= 0.3 is 12.0 Å². The number of nitro benzene ring substituents is 1. The number of nitrogens with two attached hydrogens (primary N) is 1. The molecule has 146 valence electrons. The lowest BCUT2D eigenvalue weighted by Gasteiger charge is -2.29. The molecular weight excluding hydrogens is 356 g/mol. The second-order valence-corrected chi connectivity index (χ2v) is 6.50. The molecule has 2 unspecified atom stereocenters. The minimum Gasteiger partial charge on any atom is -0.452 e. The number of nitro groups is 1. The smallest absolute Gasteiger partial charge is 0.338 e. The van der Waals surface area contributed by atoms with Crippen molar-refractivity contribution in [2.45, 2.75) is 38.6 Å². The molecule has 0 aliphatic heterocycles. The lowest BCUT2D eigenvalue weighted by atomic mass is 9.86. The molecule has 0 aromatic heterocycles. The van der Waals surface area contributed by atoms with Gasteiger partial charge in [-0.3, -0.25) is 20.2 Å². The van der Waals surface area contributed by atoms with Crippen molar-refractivity contribution in [2.75, 3.05) is 12.3 Å². The van der Waals surface area contributed by atoms with Gasteiger partial charge in [0.25, 0.3) is 11.6 Å². The number of nitrogens with zero attached hydrogens (tertiary/aromatic N) is 1. The van der Waals surface area contributed by atoms with Gasteiger partial charge in [0.15, 0.2) is 6.61 Å². The van der Waals surface area contributed by atoms with E-state index in [0.29, 0.717) is 5.92 Å². The Bertz CT molecular complexity index is 751. The molecule has 0 bridgehead atoms. The Hall–Kier alpha value is -3.17. The SMILES string of the molecule is CC1CCCCC1NC(=O)NC(=O)COC(=O)c1ccc(N)c([N+](=O)[O-])c1. The van der Waals surface area contributed by atoms with Crippen LogP contribution in [0.3, 0.4) is 0 Å². The monoisotopic (exact) mass is 378 g/mol. The van der Waals surface area contributed by atoms with Crippen molar-refractivity contribution >= 4 is 29.3 Å². The number of nitrogens with one attached hydrogen (secondary N) is 2. The zero-order valence-electron chi connectivity index (χ0n) is 14.9. The number of carbonyl (C=O) groups is 3. The summed E-state index contributed by atoms with van der Waals surface area (Å²) < 4.78 is 4.78. The Labute approximate surface area is 155 Å². The maximum absolute atomic E-state index is 11.9. The molecule has 1 aromatic rings. The third-order valence-electron chi connectivity index (χ3n) is 4.48. The fourth-order valence-corrected chi connectivity index (χ4v) is 2.94. The molecular formula is C17H22N4O6. The molecule has 10 nitrogen and oxygen atoms in total. The molecule has 1 saturated carbocycles. The molecule has 4 N–H and O–H groups in total. The highest BCUT2D eigenvalue weighted by Gasteiger charge is 2.23. The molecule has 1 aliphatic carbocycles. The number of nitrogen functional groups attached to an aromatic ring is 1. The minimum absolute atomic E-state index is 0.00410. The van der Waals surface area contributed by atoms with Gasteiger partial charge in [-0.2, -0.15) is 0 Å². The third-order valence-corrected chi connectivity index (χ3v) is 4.48. The van der Waals surface area contributed by atoms with Crippen LogP contribution >= 0.6 is 0 Å². The maximum Gasteiger partial charge on any atom is 0.338 e. The van der Waals surface area contributed by atoms with Crippen molar-refractivity contribution in [2.24, 2.45) is 5.92 Å². The van der Waals surface area contributed by atoms with E-state index in [4.69, 9.17) is 10.5 Å². The first-order chi connectivity index (χ1) is 12.8. The number of hydrogen-bond donors (Lipinski definition) is 3. The average molecular weight is 378 g/mol. The van der Waals surface area contributed by atoms with E-state index in [0.717, 1.165) is 31.7 Å². The summed E-state index contributed by atoms with van der Waals surface area (Å²) in [5.41, 5.74) is 4.80. The van der Waals surface area contributed by atoms with Crippen LogP contribution in [0, 0.1) is 16.0 Å². The van der Waals surface area contributed by atoms with Gasteiger partial charge in [-0.15, -0.1) is 0 Å². The van der Waals surface area contributed by atoms with Crippen LogP contribution in [-0.4, -0.2) is 35.5 Å². The van der Waals surface area contributed by atoms with Crippen molar-refractivity contribution in [3.63, 3.8) is 0 Å². The summed E-state index contributed by atoms with van der Waals surface area (Å²) in [4.78, 5) is 45.7. The quantitative estimate of drug-likeness (QED) is 0.305. The molecule has 1 aromatic carbocycles. The fourth-order valence-electron chi connectivity index (χ4n) is 2.94. The average Bonchev–Trinajstić information content (AvgIpc) is 2.61. The van der Waals surface area contributed by atoms with E-state index in [1.54, 1.807) is 0 Å². The van der Waals surface area contributed by atoms with Gasteiger partial charge in [-0.25, -0.2) is 9.59 Å². The van der Waals surface area contributed by atoms with Crippen molar-refractivity contribution in [3.05, 3.63) is 33.9 Å². The molecule has 0 radical (unpaired) electrons. The summed E-state index contributed by atoms with van der Waals surface area (Å²) in [7, 11) is 0. The van der Waals surface area contributed by atoms with Gasteiger partial charge in [0.1, 0.15) is 5.69 Å². The van der Waals surface area contributed by atoms with E-state index in [-0.39, 0.29) is 17.3 Å². The normalized spacial score (nSPS) is 19.0. The highest BCUT2D eigenvalue weighted by Crippen LogP contribution is 2.24. The molecule has 10 heteroatoms. The first-order valence-electron chi connectivity index (χ1n) is 8.59. The Kier molecular flexibility index (Phi) is 6.69. The topological polar surface area (TPSA) is 154 Å². The van der Waals surface area contributed by atoms with Crippen LogP contribution in [0.4, 0.5) is 16.2 Å². The van der Waals surface area contributed by atoms with Crippen LogP contribution in [0.1, 0.15) is 43.0 Å². The number of urea groups is 1. The minimum atomic E-state index is -0.936. The highest BCUT2D eigenvalue weighted by atomic mass is 16.6. The Morgan fingerprint density at radius 2 is 2.00 bits per heavy atom. The molecule has 1 fully saturated rings. The first-order valence-corrected chi connectivity index (χ1v) is 8.59. The standard InChI is InChI=1S/C17H22N4O6/c1-10-4-2-3-5-13(10)19-17(24)20-15(22)9-27-16(23)11-6-7-12(18)14(8-11)21(25)26/h6-8,10,13H,2-5,9,18H2,1H3,(H2,19,20,22,24). The second-order valence-electron chi connectivity index (χ2n) is 6.50. The van der Waals surface area contributed by atoms with Crippen LogP contribution in [0.25, 0.3) is 0 Å². The molecule has 0 saturated heterocycles. The molecule has 27 heavy (non-hydrogen) atoms. The van der Waals surface area contributed by atoms with Gasteiger partial charge in [-0.1, -0.05) is 19.8 Å². The number of benzene rings is 1. The fraction of sp³-hybridized carbons (Fsp3) is 0.471. The van der Waals surface area contributed by atoms with E-state index in [2.05, 4.69) is 10.6 Å². The summed E-state index contributed by atoms with van der Waals surface area (Å²) in [5, 5.41) is 15.7. The Morgan fingerprint density at radius 3 is 2.67 bits per heavy atom. The molecule has 0 spiro atoms. The highest BCUT2D eigenvalue weighted by molar-refractivity contribution is 5.97. The van der Waals surface area contributed by atoms with Crippen molar-refractivity contribution in [3.8, 4) is 0 Å². The summed E-state index contributed by atoms with van der Waals surface area (Å²) in [6.45, 7) is 1.35. The number of amides is 3. The Balaban J connectivity index is 1.82. The van der Waals surface area contributed by atoms with E-state index in [1.165, 1.54) is 12.1 Å². The van der Waals surface area contributed by atoms with Crippen LogP contribution in [0.5, 0.6) is 0 Å². The van der Waals surface area contributed by atoms with Gasteiger partial charge in [0, 0.05) is 12.1 Å². The van der Waals surface area contributed by atoms with Crippen LogP contribution in [0.15, 0.2) is 18.2 Å². The zero-order chi connectivity index (χ0) is 20.0. The summed E-state index contributed by atoms with van der Waals surface area (Å²) in [6.07, 6.45) is 4.02.